The van der Waals surface area contributed by atoms with E-state index in [9.17, 15) is 0 Å². The van der Waals surface area contributed by atoms with Gasteiger partial charge in [-0.3, -0.25) is 0 Å². The van der Waals surface area contributed by atoms with Gasteiger partial charge in [-0.2, -0.15) is 5.26 Å². The summed E-state index contributed by atoms with van der Waals surface area (Å²) in [5.41, 5.74) is 2.68. The summed E-state index contributed by atoms with van der Waals surface area (Å²) in [6.45, 7) is 2.14. The number of hydrogen-bond acceptors (Lipinski definition) is 2. The van der Waals surface area contributed by atoms with E-state index in [-0.39, 0.29) is 0 Å². The Hall–Kier alpha value is -1.82. The molecule has 1 heterocycles. The van der Waals surface area contributed by atoms with Crippen molar-refractivity contribution >= 4 is 11.0 Å². The summed E-state index contributed by atoms with van der Waals surface area (Å²) in [6.07, 6.45) is 2.06. The lowest BCUT2D eigenvalue weighted by Gasteiger charge is -1.99. The summed E-state index contributed by atoms with van der Waals surface area (Å²) >= 11 is 0. The highest BCUT2D eigenvalue weighted by molar-refractivity contribution is 5.77. The highest BCUT2D eigenvalue weighted by atomic mass is 15.1. The van der Waals surface area contributed by atoms with Crippen molar-refractivity contribution in [2.45, 2.75) is 19.8 Å². The molecular formula is C12H13N3. The van der Waals surface area contributed by atoms with E-state index in [1.165, 1.54) is 0 Å². The molecule has 0 aliphatic carbocycles. The van der Waals surface area contributed by atoms with Gasteiger partial charge in [0.05, 0.1) is 22.7 Å². The van der Waals surface area contributed by atoms with Crippen molar-refractivity contribution in [3.05, 3.63) is 29.6 Å². The van der Waals surface area contributed by atoms with E-state index in [4.69, 9.17) is 5.26 Å². The molecule has 3 nitrogen and oxygen atoms in total. The van der Waals surface area contributed by atoms with Gasteiger partial charge in [0.25, 0.3) is 0 Å². The monoisotopic (exact) mass is 199 g/mol. The highest BCUT2D eigenvalue weighted by Gasteiger charge is 2.06. The fourth-order valence-electron chi connectivity index (χ4n) is 1.77. The van der Waals surface area contributed by atoms with Crippen LogP contribution in [0.3, 0.4) is 0 Å². The number of imidazole rings is 1. The van der Waals surface area contributed by atoms with Gasteiger partial charge in [-0.15, -0.1) is 0 Å². The predicted molar refractivity (Wildman–Crippen MR) is 59.4 cm³/mol. The van der Waals surface area contributed by atoms with Crippen molar-refractivity contribution in [3.63, 3.8) is 0 Å². The SMILES string of the molecule is CCCc1nc2cc(C#N)ccc2n1C. The minimum absolute atomic E-state index is 0.670. The fraction of sp³-hybridized carbons (Fsp3) is 0.333. The quantitative estimate of drug-likeness (QED) is 0.745. The summed E-state index contributed by atoms with van der Waals surface area (Å²) in [5.74, 6) is 1.09. The zero-order chi connectivity index (χ0) is 10.8. The molecule has 0 N–H and O–H groups in total. The van der Waals surface area contributed by atoms with Crippen LogP contribution in [0.1, 0.15) is 24.7 Å². The second kappa shape index (κ2) is 3.74. The van der Waals surface area contributed by atoms with Crippen molar-refractivity contribution in [2.75, 3.05) is 0 Å². The number of hydrogen-bond donors (Lipinski definition) is 0. The molecule has 1 aromatic carbocycles. The van der Waals surface area contributed by atoms with E-state index in [2.05, 4.69) is 22.5 Å². The van der Waals surface area contributed by atoms with Crippen LogP contribution in [0, 0.1) is 11.3 Å². The van der Waals surface area contributed by atoms with Crippen LogP contribution in [-0.2, 0) is 13.5 Å². The Labute approximate surface area is 89.0 Å². The molecule has 0 bridgehead atoms. The van der Waals surface area contributed by atoms with E-state index in [0.29, 0.717) is 5.56 Å². The topological polar surface area (TPSA) is 41.6 Å². The van der Waals surface area contributed by atoms with Gasteiger partial charge in [0.1, 0.15) is 5.82 Å². The van der Waals surface area contributed by atoms with Crippen molar-refractivity contribution in [3.8, 4) is 6.07 Å². The number of aromatic nitrogens is 2. The molecule has 0 amide bonds. The predicted octanol–water partition coefficient (Wildman–Crippen LogP) is 2.40. The first-order valence-corrected chi connectivity index (χ1v) is 5.11. The lowest BCUT2D eigenvalue weighted by molar-refractivity contribution is 0.773. The molecular weight excluding hydrogens is 186 g/mol. The molecule has 76 valence electrons. The lowest BCUT2D eigenvalue weighted by atomic mass is 10.2. The number of benzene rings is 1. The number of nitriles is 1. The molecule has 2 aromatic rings. The van der Waals surface area contributed by atoms with Gasteiger partial charge >= 0.3 is 0 Å². The Morgan fingerprint density at radius 2 is 2.27 bits per heavy atom. The van der Waals surface area contributed by atoms with Crippen LogP contribution < -0.4 is 0 Å². The molecule has 15 heavy (non-hydrogen) atoms. The molecule has 0 aliphatic heterocycles. The van der Waals surface area contributed by atoms with Gasteiger partial charge in [0.15, 0.2) is 0 Å². The van der Waals surface area contributed by atoms with Crippen molar-refractivity contribution in [1.82, 2.24) is 9.55 Å². The van der Waals surface area contributed by atoms with Crippen molar-refractivity contribution in [2.24, 2.45) is 7.05 Å². The van der Waals surface area contributed by atoms with Crippen LogP contribution in [0.4, 0.5) is 0 Å². The highest BCUT2D eigenvalue weighted by Crippen LogP contribution is 2.17. The molecule has 0 atom stereocenters. The van der Waals surface area contributed by atoms with E-state index in [1.54, 1.807) is 0 Å². The largest absolute Gasteiger partial charge is 0.331 e. The molecule has 0 saturated carbocycles. The van der Waals surface area contributed by atoms with Gasteiger partial charge in [-0.1, -0.05) is 6.92 Å². The number of fused-ring (bicyclic) bond motifs is 1. The smallest absolute Gasteiger partial charge is 0.109 e. The van der Waals surface area contributed by atoms with Crippen LogP contribution >= 0.6 is 0 Å². The van der Waals surface area contributed by atoms with Gasteiger partial charge in [-0.05, 0) is 24.6 Å². The Bertz CT molecular complexity index is 532. The molecule has 0 saturated heterocycles. The molecule has 0 radical (unpaired) electrons. The average molecular weight is 199 g/mol. The fourth-order valence-corrected chi connectivity index (χ4v) is 1.77. The van der Waals surface area contributed by atoms with Crippen LogP contribution in [-0.4, -0.2) is 9.55 Å². The Morgan fingerprint density at radius 3 is 2.93 bits per heavy atom. The minimum atomic E-state index is 0.670. The van der Waals surface area contributed by atoms with Gasteiger partial charge in [0.2, 0.25) is 0 Å². The second-order valence-electron chi connectivity index (χ2n) is 3.65. The molecule has 0 spiro atoms. The summed E-state index contributed by atoms with van der Waals surface area (Å²) in [6, 6.07) is 7.76. The molecule has 3 heteroatoms. The molecule has 0 unspecified atom stereocenters. The van der Waals surface area contributed by atoms with E-state index in [0.717, 1.165) is 29.7 Å². The van der Waals surface area contributed by atoms with Crippen molar-refractivity contribution in [1.29, 1.82) is 5.26 Å². The Balaban J connectivity index is 2.61. The normalized spacial score (nSPS) is 10.5. The first-order valence-electron chi connectivity index (χ1n) is 5.11. The standard InChI is InChI=1S/C12H13N3/c1-3-4-12-14-10-7-9(8-13)5-6-11(10)15(12)2/h5-7H,3-4H2,1-2H3. The molecule has 0 fully saturated rings. The first kappa shape index (κ1) is 9.72. The van der Waals surface area contributed by atoms with Crippen LogP contribution in [0.2, 0.25) is 0 Å². The maximum absolute atomic E-state index is 8.79. The maximum Gasteiger partial charge on any atom is 0.109 e. The number of aryl methyl sites for hydroxylation is 2. The van der Waals surface area contributed by atoms with Crippen LogP contribution in [0.15, 0.2) is 18.2 Å². The Kier molecular flexibility index (Phi) is 2.42. The number of nitrogens with zero attached hydrogens (tertiary/aromatic N) is 3. The number of rotatable bonds is 2. The third-order valence-electron chi connectivity index (χ3n) is 2.58. The van der Waals surface area contributed by atoms with Gasteiger partial charge in [-0.25, -0.2) is 4.98 Å². The van der Waals surface area contributed by atoms with E-state index < -0.39 is 0 Å². The zero-order valence-electron chi connectivity index (χ0n) is 8.99. The first-order chi connectivity index (χ1) is 7.26. The van der Waals surface area contributed by atoms with Crippen LogP contribution in [0.5, 0.6) is 0 Å². The summed E-state index contributed by atoms with van der Waals surface area (Å²) in [4.78, 5) is 4.52. The summed E-state index contributed by atoms with van der Waals surface area (Å²) in [5, 5.41) is 8.79. The van der Waals surface area contributed by atoms with E-state index >= 15 is 0 Å². The van der Waals surface area contributed by atoms with Gasteiger partial charge in [0, 0.05) is 13.5 Å². The third kappa shape index (κ3) is 1.59. The molecule has 0 aliphatic rings. The average Bonchev–Trinajstić information content (AvgIpc) is 2.56. The van der Waals surface area contributed by atoms with Gasteiger partial charge < -0.3 is 4.57 Å². The zero-order valence-corrected chi connectivity index (χ0v) is 8.99. The van der Waals surface area contributed by atoms with Crippen LogP contribution in [0.25, 0.3) is 11.0 Å². The Morgan fingerprint density at radius 1 is 1.47 bits per heavy atom. The second-order valence-corrected chi connectivity index (χ2v) is 3.65. The summed E-state index contributed by atoms with van der Waals surface area (Å²) < 4.78 is 2.10. The third-order valence-corrected chi connectivity index (χ3v) is 2.58. The maximum atomic E-state index is 8.79. The molecule has 1 aromatic heterocycles. The minimum Gasteiger partial charge on any atom is -0.331 e. The van der Waals surface area contributed by atoms with Crippen molar-refractivity contribution < 1.29 is 0 Å². The summed E-state index contributed by atoms with van der Waals surface area (Å²) in [7, 11) is 2.02. The lowest BCUT2D eigenvalue weighted by Crippen LogP contribution is -1.96. The molecule has 2 rings (SSSR count). The van der Waals surface area contributed by atoms with E-state index in [1.807, 2.05) is 25.2 Å².